The molecule has 0 amide bonds. The van der Waals surface area contributed by atoms with E-state index < -0.39 is 0 Å². The van der Waals surface area contributed by atoms with Gasteiger partial charge in [-0.15, -0.1) is 0 Å². The minimum Gasteiger partial charge on any atom is -0.507 e. The third-order valence-corrected chi connectivity index (χ3v) is 17.3. The van der Waals surface area contributed by atoms with Crippen molar-refractivity contribution in [2.24, 2.45) is 9.98 Å². The highest BCUT2D eigenvalue weighted by atomic mass is 16.5. The molecular weight excluding hydrogens is 1060 g/mol. The summed E-state index contributed by atoms with van der Waals surface area (Å²) in [5, 5.41) is 30.1. The molecule has 1 aliphatic carbocycles. The average molecular weight is 1150 g/mol. The molecule has 0 radical (unpaired) electrons. The normalized spacial score (nSPS) is 14.4. The van der Waals surface area contributed by atoms with Gasteiger partial charge in [-0.05, 0) is 159 Å². The Kier molecular flexibility index (Phi) is 16.0. The molecule has 2 heterocycles. The van der Waals surface area contributed by atoms with Crippen molar-refractivity contribution in [1.82, 2.24) is 0 Å². The van der Waals surface area contributed by atoms with E-state index in [9.17, 15) is 10.2 Å². The van der Waals surface area contributed by atoms with E-state index in [1.165, 1.54) is 0 Å². The van der Waals surface area contributed by atoms with Crippen molar-refractivity contribution in [3.8, 4) is 34.5 Å². The van der Waals surface area contributed by atoms with Crippen LogP contribution in [-0.2, 0) is 47.3 Å². The summed E-state index contributed by atoms with van der Waals surface area (Å²) < 4.78 is 28.0. The predicted molar refractivity (Wildman–Crippen MR) is 355 cm³/mol. The lowest BCUT2D eigenvalue weighted by molar-refractivity contribution is 0.215. The Morgan fingerprint density at radius 2 is 0.640 bits per heavy atom. The van der Waals surface area contributed by atoms with Gasteiger partial charge >= 0.3 is 0 Å². The highest BCUT2D eigenvalue weighted by Crippen LogP contribution is 2.45. The van der Waals surface area contributed by atoms with Gasteiger partial charge in [0.15, 0.2) is 0 Å². The first-order valence-corrected chi connectivity index (χ1v) is 30.5. The number of aliphatic imine (C=N–C) groups is 2. The first-order chi connectivity index (χ1) is 40.8. The van der Waals surface area contributed by atoms with E-state index in [0.29, 0.717) is 48.7 Å². The molecule has 86 heavy (non-hydrogen) atoms. The van der Waals surface area contributed by atoms with Crippen molar-refractivity contribution >= 4 is 45.3 Å². The molecule has 9 aromatic rings. The van der Waals surface area contributed by atoms with Crippen LogP contribution in [0.2, 0.25) is 0 Å². The number of nitrogens with zero attached hydrogens (tertiary/aromatic N) is 2. The van der Waals surface area contributed by atoms with E-state index in [4.69, 9.17) is 28.9 Å². The van der Waals surface area contributed by atoms with E-state index >= 15 is 0 Å². The van der Waals surface area contributed by atoms with Crippen LogP contribution in [0.4, 0.5) is 11.4 Å². The largest absolute Gasteiger partial charge is 0.507 e. The molecule has 9 aromatic carbocycles. The number of phenolic OH excluding ortho intramolecular Hbond substituents is 2. The Morgan fingerprint density at radius 1 is 0.349 bits per heavy atom. The maximum Gasteiger partial charge on any atom is 0.128 e. The van der Waals surface area contributed by atoms with Crippen LogP contribution in [0.1, 0.15) is 172 Å². The number of ether oxygens (including phenoxy) is 4. The quantitative estimate of drug-likeness (QED) is 0.157. The average Bonchev–Trinajstić information content (AvgIpc) is 1.93. The number of aryl methyl sites for hydroxylation is 2. The summed E-state index contributed by atoms with van der Waals surface area (Å²) in [5.41, 5.74) is 15.8. The smallest absolute Gasteiger partial charge is 0.128 e. The standard InChI is InChI=1S/C78H84N2O6/c1-47-31-67-68(32-48(47)2)80-46-66-64-22-18-16-20-50(64)24-26-70(66)84-28-30-86-74-57-35-53-39-59(75(3,4)5)37-51(71(53)81)33-55-41-61(77(9,10)11)42-56(73(55)85-29-27-83-69-25-23-49-19-15-17-21-63(49)65(69)45-79-67)34-52-38-60(76(6,7)8)40-54(72(52)82)36-58(74)44-62(43-57)78(12,13)14/h15-26,31-32,37-46,81-82H,27-30,33-36H2,1-14H3. The van der Waals surface area contributed by atoms with Crippen molar-refractivity contribution in [2.45, 2.75) is 144 Å². The summed E-state index contributed by atoms with van der Waals surface area (Å²) in [6.45, 7) is 31.9. The second kappa shape index (κ2) is 23.1. The Balaban J connectivity index is 1.16. The fourth-order valence-electron chi connectivity index (χ4n) is 11.9. The molecule has 0 saturated heterocycles. The van der Waals surface area contributed by atoms with Crippen LogP contribution in [0.25, 0.3) is 21.5 Å². The summed E-state index contributed by atoms with van der Waals surface area (Å²) >= 11 is 0. The van der Waals surface area contributed by atoms with Gasteiger partial charge in [0.25, 0.3) is 0 Å². The van der Waals surface area contributed by atoms with E-state index in [-0.39, 0.29) is 59.6 Å². The molecule has 0 aromatic heterocycles. The van der Waals surface area contributed by atoms with Gasteiger partial charge in [-0.25, -0.2) is 0 Å². The SMILES string of the molecule is Cc1cc2c(cc1C)N=Cc1c(ccc3ccccc13)OCCOc1c3cc(C(C)(C)C)cc1Cc1cc(C(C)(C)C)cc(c1O)Cc1cc(C(C)(C)C)cc(c1OCCOc1ccc4ccccc4c1C=N2)Cc1cc(C(C)(C)C)cc(c1O)C3. The lowest BCUT2D eigenvalue weighted by Crippen LogP contribution is -2.18. The van der Waals surface area contributed by atoms with Gasteiger partial charge in [0.2, 0.25) is 0 Å². The number of aromatic hydroxyl groups is 2. The summed E-state index contributed by atoms with van der Waals surface area (Å²) in [6.07, 6.45) is 5.34. The lowest BCUT2D eigenvalue weighted by atomic mass is 9.79. The topological polar surface area (TPSA) is 102 Å². The second-order valence-electron chi connectivity index (χ2n) is 28.0. The van der Waals surface area contributed by atoms with Crippen molar-refractivity contribution in [1.29, 1.82) is 0 Å². The van der Waals surface area contributed by atoms with Crippen LogP contribution in [-0.4, -0.2) is 49.1 Å². The summed E-state index contributed by atoms with van der Waals surface area (Å²) in [6, 6.07) is 46.8. The summed E-state index contributed by atoms with van der Waals surface area (Å²) in [5.74, 6) is 3.27. The van der Waals surface area contributed by atoms with Gasteiger partial charge in [0, 0.05) is 49.2 Å². The van der Waals surface area contributed by atoms with Crippen molar-refractivity contribution in [2.75, 3.05) is 26.4 Å². The van der Waals surface area contributed by atoms with Gasteiger partial charge in [0.05, 0.1) is 11.4 Å². The maximum atomic E-state index is 13.0. The Morgan fingerprint density at radius 3 is 0.953 bits per heavy atom. The number of benzene rings is 9. The van der Waals surface area contributed by atoms with E-state index in [0.717, 1.165) is 122 Å². The molecule has 0 saturated carbocycles. The first kappa shape index (κ1) is 59.4. The van der Waals surface area contributed by atoms with E-state index in [1.807, 2.05) is 48.8 Å². The van der Waals surface area contributed by atoms with Crippen LogP contribution in [0, 0.1) is 13.8 Å². The van der Waals surface area contributed by atoms with E-state index in [1.54, 1.807) is 0 Å². The van der Waals surface area contributed by atoms with Gasteiger partial charge in [-0.1, -0.05) is 192 Å². The number of hydrogen-bond acceptors (Lipinski definition) is 8. The van der Waals surface area contributed by atoms with Crippen LogP contribution in [0.3, 0.4) is 0 Å². The minimum absolute atomic E-state index is 0.209. The van der Waals surface area contributed by atoms with Crippen molar-refractivity contribution < 1.29 is 29.2 Å². The van der Waals surface area contributed by atoms with Gasteiger partial charge in [-0.3, -0.25) is 9.98 Å². The summed E-state index contributed by atoms with van der Waals surface area (Å²) in [7, 11) is 0. The first-order valence-electron chi connectivity index (χ1n) is 30.5. The molecule has 8 heteroatoms. The van der Waals surface area contributed by atoms with Crippen LogP contribution < -0.4 is 18.9 Å². The zero-order valence-electron chi connectivity index (χ0n) is 52.9. The highest BCUT2D eigenvalue weighted by molar-refractivity contribution is 6.05. The van der Waals surface area contributed by atoms with Crippen LogP contribution in [0.5, 0.6) is 34.5 Å². The Hall–Kier alpha value is -8.36. The molecule has 0 fully saturated rings. The molecule has 442 valence electrons. The van der Waals surface area contributed by atoms with Gasteiger partial charge in [-0.2, -0.15) is 0 Å². The molecule has 10 bridgehead atoms. The zero-order chi connectivity index (χ0) is 61.0. The Bertz CT molecular complexity index is 3790. The second-order valence-corrected chi connectivity index (χ2v) is 28.0. The molecular formula is C78H84N2O6. The molecule has 0 unspecified atom stereocenters. The molecule has 0 atom stereocenters. The molecule has 12 rings (SSSR count). The number of fused-ring (bicyclic) bond motifs is 8. The fourth-order valence-corrected chi connectivity index (χ4v) is 11.9. The van der Waals surface area contributed by atoms with Crippen molar-refractivity contribution in [3.05, 3.63) is 222 Å². The van der Waals surface area contributed by atoms with E-state index in [2.05, 4.69) is 194 Å². The van der Waals surface area contributed by atoms with Crippen LogP contribution in [0.15, 0.2) is 143 Å². The lowest BCUT2D eigenvalue weighted by Gasteiger charge is -2.28. The molecule has 2 N–H and O–H groups in total. The zero-order valence-corrected chi connectivity index (χ0v) is 52.9. The van der Waals surface area contributed by atoms with Crippen LogP contribution >= 0.6 is 0 Å². The number of hydrogen-bond donors (Lipinski definition) is 2. The molecule has 2 aliphatic heterocycles. The monoisotopic (exact) mass is 1140 g/mol. The third-order valence-electron chi connectivity index (χ3n) is 17.3. The minimum atomic E-state index is -0.258. The molecule has 0 spiro atoms. The number of phenols is 2. The summed E-state index contributed by atoms with van der Waals surface area (Å²) in [4.78, 5) is 10.5. The molecule has 8 nitrogen and oxygen atoms in total. The maximum absolute atomic E-state index is 13.0. The fraction of sp³-hybridized carbons (Fsp3) is 0.333. The highest BCUT2D eigenvalue weighted by Gasteiger charge is 2.29. The molecule has 3 aliphatic rings. The van der Waals surface area contributed by atoms with Crippen molar-refractivity contribution in [3.63, 3.8) is 0 Å². The van der Waals surface area contributed by atoms with Gasteiger partial charge < -0.3 is 29.2 Å². The third kappa shape index (κ3) is 12.5. The predicted octanol–water partition coefficient (Wildman–Crippen LogP) is 18.6. The Labute approximate surface area is 509 Å². The number of rotatable bonds is 0. The van der Waals surface area contributed by atoms with Gasteiger partial charge in [0.1, 0.15) is 60.9 Å².